The molecule has 0 saturated carbocycles. The first-order valence-electron chi connectivity index (χ1n) is 5.14. The van der Waals surface area contributed by atoms with E-state index in [1.165, 1.54) is 6.20 Å². The Morgan fingerprint density at radius 1 is 1.41 bits per heavy atom. The predicted molar refractivity (Wildman–Crippen MR) is 64.6 cm³/mol. The largest absolute Gasteiger partial charge is 0.365 e. The van der Waals surface area contributed by atoms with E-state index in [1.54, 1.807) is 16.8 Å². The van der Waals surface area contributed by atoms with Crippen molar-refractivity contribution in [3.63, 3.8) is 0 Å². The molecule has 2 heterocycles. The van der Waals surface area contributed by atoms with E-state index in [1.807, 2.05) is 6.07 Å². The molecule has 0 saturated heterocycles. The minimum absolute atomic E-state index is 0.0101. The standard InChI is InChI=1S/C11H10N4O2/c12-11(17)7-4-15-9-6(10(7)16)2-1-3-8(9)13-5-14-15/h1-4,13-14H,5H2,(H2,12,17). The van der Waals surface area contributed by atoms with Gasteiger partial charge in [-0.2, -0.15) is 0 Å². The Labute approximate surface area is 96.0 Å². The highest BCUT2D eigenvalue weighted by atomic mass is 16.2. The van der Waals surface area contributed by atoms with Crippen LogP contribution in [0.5, 0.6) is 0 Å². The first kappa shape index (κ1) is 9.71. The van der Waals surface area contributed by atoms with Gasteiger partial charge in [0, 0.05) is 6.20 Å². The number of pyridine rings is 1. The maximum atomic E-state index is 12.0. The fraction of sp³-hybridized carbons (Fsp3) is 0.0909. The lowest BCUT2D eigenvalue weighted by Gasteiger charge is -2.23. The molecular weight excluding hydrogens is 220 g/mol. The summed E-state index contributed by atoms with van der Waals surface area (Å²) in [5, 5.41) is 3.59. The predicted octanol–water partition coefficient (Wildman–Crippen LogP) is 0.0269. The van der Waals surface area contributed by atoms with E-state index in [4.69, 9.17) is 5.73 Å². The molecule has 1 aliphatic rings. The number of carbonyl (C=O) groups is 1. The first-order chi connectivity index (χ1) is 8.18. The van der Waals surface area contributed by atoms with Gasteiger partial charge in [0.2, 0.25) is 5.43 Å². The Balaban J connectivity index is 2.51. The van der Waals surface area contributed by atoms with Crippen LogP contribution in [0.15, 0.2) is 29.2 Å². The lowest BCUT2D eigenvalue weighted by molar-refractivity contribution is 0.0999. The van der Waals surface area contributed by atoms with Gasteiger partial charge >= 0.3 is 0 Å². The number of primary amides is 1. The molecule has 0 bridgehead atoms. The highest BCUT2D eigenvalue weighted by Crippen LogP contribution is 2.22. The average Bonchev–Trinajstić information content (AvgIpc) is 2.33. The second kappa shape index (κ2) is 3.24. The number of para-hydroxylation sites is 1. The fourth-order valence-corrected chi connectivity index (χ4v) is 2.05. The molecule has 2 aromatic rings. The molecule has 1 amide bonds. The van der Waals surface area contributed by atoms with E-state index >= 15 is 0 Å². The maximum absolute atomic E-state index is 12.0. The maximum Gasteiger partial charge on any atom is 0.254 e. The molecule has 86 valence electrons. The molecule has 0 spiro atoms. The van der Waals surface area contributed by atoms with Gasteiger partial charge in [-0.25, -0.2) is 0 Å². The Kier molecular flexibility index (Phi) is 1.85. The molecule has 0 atom stereocenters. The van der Waals surface area contributed by atoms with Gasteiger partial charge in [0.05, 0.1) is 23.3 Å². The third-order valence-electron chi connectivity index (χ3n) is 2.82. The summed E-state index contributed by atoms with van der Waals surface area (Å²) in [5.41, 5.74) is 9.44. The SMILES string of the molecule is NC(=O)c1cn2c3c(cccc3c1=O)NCN2. The van der Waals surface area contributed by atoms with Crippen LogP contribution in [0.1, 0.15) is 10.4 Å². The second-order valence-corrected chi connectivity index (χ2v) is 3.82. The number of benzene rings is 1. The Bertz CT molecular complexity index is 690. The van der Waals surface area contributed by atoms with Gasteiger partial charge in [-0.05, 0) is 12.1 Å². The van der Waals surface area contributed by atoms with E-state index in [2.05, 4.69) is 10.7 Å². The number of aromatic nitrogens is 1. The van der Waals surface area contributed by atoms with Gasteiger partial charge in [0.25, 0.3) is 5.91 Å². The summed E-state index contributed by atoms with van der Waals surface area (Å²) in [5.74, 6) is -0.716. The molecule has 1 aromatic carbocycles. The first-order valence-corrected chi connectivity index (χ1v) is 5.14. The van der Waals surface area contributed by atoms with Crippen LogP contribution in [-0.4, -0.2) is 17.3 Å². The van der Waals surface area contributed by atoms with Crippen molar-refractivity contribution < 1.29 is 4.79 Å². The molecule has 0 unspecified atom stereocenters. The van der Waals surface area contributed by atoms with Crippen LogP contribution in [0, 0.1) is 0 Å². The van der Waals surface area contributed by atoms with Crippen LogP contribution in [-0.2, 0) is 0 Å². The number of hydrogen-bond donors (Lipinski definition) is 3. The minimum Gasteiger partial charge on any atom is -0.365 e. The van der Waals surface area contributed by atoms with Gasteiger partial charge in [-0.3, -0.25) is 14.3 Å². The van der Waals surface area contributed by atoms with Crippen molar-refractivity contribution >= 4 is 22.5 Å². The smallest absolute Gasteiger partial charge is 0.254 e. The third kappa shape index (κ3) is 1.27. The molecule has 0 radical (unpaired) electrons. The van der Waals surface area contributed by atoms with Crippen LogP contribution in [0.4, 0.5) is 5.69 Å². The number of nitrogens with zero attached hydrogens (tertiary/aromatic N) is 1. The van der Waals surface area contributed by atoms with Crippen molar-refractivity contribution in [2.75, 3.05) is 17.4 Å². The van der Waals surface area contributed by atoms with Crippen molar-refractivity contribution in [1.29, 1.82) is 0 Å². The van der Waals surface area contributed by atoms with Crippen LogP contribution >= 0.6 is 0 Å². The third-order valence-corrected chi connectivity index (χ3v) is 2.82. The number of hydrogen-bond acceptors (Lipinski definition) is 4. The van der Waals surface area contributed by atoms with Crippen molar-refractivity contribution in [1.82, 2.24) is 4.68 Å². The summed E-state index contributed by atoms with van der Waals surface area (Å²) in [6.07, 6.45) is 1.44. The summed E-state index contributed by atoms with van der Waals surface area (Å²) < 4.78 is 1.66. The molecule has 6 nitrogen and oxygen atoms in total. The molecule has 1 aromatic heterocycles. The summed E-state index contributed by atoms with van der Waals surface area (Å²) >= 11 is 0. The van der Waals surface area contributed by atoms with Crippen LogP contribution in [0.2, 0.25) is 0 Å². The van der Waals surface area contributed by atoms with Crippen molar-refractivity contribution in [2.45, 2.75) is 0 Å². The summed E-state index contributed by atoms with van der Waals surface area (Å²) in [6.45, 7) is 0.521. The minimum atomic E-state index is -0.716. The molecule has 0 aliphatic carbocycles. The number of nitrogens with two attached hydrogens (primary N) is 1. The van der Waals surface area contributed by atoms with E-state index in [-0.39, 0.29) is 11.0 Å². The lowest BCUT2D eigenvalue weighted by atomic mass is 10.1. The van der Waals surface area contributed by atoms with Crippen molar-refractivity contribution in [3.05, 3.63) is 40.2 Å². The van der Waals surface area contributed by atoms with E-state index in [0.29, 0.717) is 12.1 Å². The summed E-state index contributed by atoms with van der Waals surface area (Å²) in [6, 6.07) is 5.33. The van der Waals surface area contributed by atoms with Gasteiger partial charge in [0.15, 0.2) is 0 Å². The van der Waals surface area contributed by atoms with Crippen LogP contribution in [0.25, 0.3) is 10.9 Å². The Morgan fingerprint density at radius 3 is 3.00 bits per heavy atom. The monoisotopic (exact) mass is 230 g/mol. The molecule has 17 heavy (non-hydrogen) atoms. The summed E-state index contributed by atoms with van der Waals surface area (Å²) in [4.78, 5) is 23.2. The number of carbonyl (C=O) groups excluding carboxylic acids is 1. The van der Waals surface area contributed by atoms with Gasteiger partial charge in [-0.15, -0.1) is 0 Å². The molecule has 1 aliphatic heterocycles. The summed E-state index contributed by atoms with van der Waals surface area (Å²) in [7, 11) is 0. The molecular formula is C11H10N4O2. The molecule has 4 N–H and O–H groups in total. The number of anilines is 1. The van der Waals surface area contributed by atoms with Gasteiger partial charge in [-0.1, -0.05) is 6.07 Å². The van der Waals surface area contributed by atoms with E-state index in [9.17, 15) is 9.59 Å². The van der Waals surface area contributed by atoms with Crippen LogP contribution < -0.4 is 21.9 Å². The zero-order valence-corrected chi connectivity index (χ0v) is 8.86. The average molecular weight is 230 g/mol. The zero-order chi connectivity index (χ0) is 12.0. The molecule has 3 rings (SSSR count). The Morgan fingerprint density at radius 2 is 2.24 bits per heavy atom. The van der Waals surface area contributed by atoms with Crippen LogP contribution in [0.3, 0.4) is 0 Å². The quantitative estimate of drug-likeness (QED) is 0.644. The van der Waals surface area contributed by atoms with E-state index in [0.717, 1.165) is 11.2 Å². The highest BCUT2D eigenvalue weighted by Gasteiger charge is 2.17. The lowest BCUT2D eigenvalue weighted by Crippen LogP contribution is -2.32. The normalized spacial score (nSPS) is 12.9. The Hall–Kier alpha value is -2.50. The topological polar surface area (TPSA) is 89.2 Å². The molecule has 0 fully saturated rings. The molecule has 6 heteroatoms. The van der Waals surface area contributed by atoms with Gasteiger partial charge in [0.1, 0.15) is 5.56 Å². The van der Waals surface area contributed by atoms with Crippen molar-refractivity contribution in [3.8, 4) is 0 Å². The van der Waals surface area contributed by atoms with E-state index < -0.39 is 5.91 Å². The number of amides is 1. The number of rotatable bonds is 1. The second-order valence-electron chi connectivity index (χ2n) is 3.82. The number of nitrogens with one attached hydrogen (secondary N) is 2. The van der Waals surface area contributed by atoms with Crippen molar-refractivity contribution in [2.24, 2.45) is 5.73 Å². The highest BCUT2D eigenvalue weighted by molar-refractivity contribution is 5.99. The fourth-order valence-electron chi connectivity index (χ4n) is 2.05. The van der Waals surface area contributed by atoms with Gasteiger partial charge < -0.3 is 16.5 Å². The zero-order valence-electron chi connectivity index (χ0n) is 8.86.